The summed E-state index contributed by atoms with van der Waals surface area (Å²) in [6, 6.07) is -1.47. The number of alkyl halides is 2. The van der Waals surface area contributed by atoms with E-state index in [4.69, 9.17) is 0 Å². The van der Waals surface area contributed by atoms with Crippen molar-refractivity contribution in [1.82, 2.24) is 15.5 Å². The minimum Gasteiger partial charge on any atom is -0.344 e. The summed E-state index contributed by atoms with van der Waals surface area (Å²) in [5, 5.41) is 4.97. The van der Waals surface area contributed by atoms with Crippen LogP contribution >= 0.6 is 12.4 Å². The molecule has 2 aliphatic rings. The SMILES string of the molecule is CN1CCC(NC(=O)C2CC(F)(F)CN2)C1=O.Cl. The lowest BCUT2D eigenvalue weighted by Gasteiger charge is -2.15. The maximum absolute atomic E-state index is 12.9. The fourth-order valence-corrected chi connectivity index (χ4v) is 2.13. The predicted molar refractivity (Wildman–Crippen MR) is 62.8 cm³/mol. The molecule has 0 radical (unpaired) electrons. The van der Waals surface area contributed by atoms with Gasteiger partial charge in [-0.25, -0.2) is 8.78 Å². The molecule has 0 spiro atoms. The molecule has 104 valence electrons. The van der Waals surface area contributed by atoms with E-state index in [1.165, 1.54) is 4.90 Å². The van der Waals surface area contributed by atoms with Crippen molar-refractivity contribution >= 4 is 24.2 Å². The number of likely N-dealkylation sites (N-methyl/N-ethyl adjacent to an activating group) is 1. The van der Waals surface area contributed by atoms with Crippen molar-refractivity contribution in [3.05, 3.63) is 0 Å². The molecule has 0 aliphatic carbocycles. The van der Waals surface area contributed by atoms with Crippen LogP contribution in [0.25, 0.3) is 0 Å². The van der Waals surface area contributed by atoms with E-state index < -0.39 is 36.9 Å². The summed E-state index contributed by atoms with van der Waals surface area (Å²) in [6.07, 6.45) is 0.0275. The van der Waals surface area contributed by atoms with Crippen LogP contribution in [0.4, 0.5) is 8.78 Å². The van der Waals surface area contributed by atoms with Crippen LogP contribution in [0.2, 0.25) is 0 Å². The number of hydrogen-bond acceptors (Lipinski definition) is 3. The monoisotopic (exact) mass is 283 g/mol. The summed E-state index contributed by atoms with van der Waals surface area (Å²) in [5.41, 5.74) is 0. The molecular weight excluding hydrogens is 268 g/mol. The van der Waals surface area contributed by atoms with Crippen molar-refractivity contribution in [2.45, 2.75) is 30.8 Å². The first-order valence-corrected chi connectivity index (χ1v) is 5.56. The van der Waals surface area contributed by atoms with E-state index in [2.05, 4.69) is 10.6 Å². The van der Waals surface area contributed by atoms with Gasteiger partial charge in [-0.2, -0.15) is 0 Å². The molecule has 5 nitrogen and oxygen atoms in total. The van der Waals surface area contributed by atoms with Gasteiger partial charge in [-0.15, -0.1) is 12.4 Å². The first-order valence-electron chi connectivity index (χ1n) is 5.56. The molecule has 2 N–H and O–H groups in total. The number of rotatable bonds is 2. The maximum Gasteiger partial charge on any atom is 0.262 e. The molecule has 2 heterocycles. The minimum atomic E-state index is -2.83. The molecule has 0 bridgehead atoms. The van der Waals surface area contributed by atoms with Crippen LogP contribution in [0.1, 0.15) is 12.8 Å². The number of carbonyl (C=O) groups excluding carboxylic acids is 2. The van der Waals surface area contributed by atoms with E-state index in [1.54, 1.807) is 7.05 Å². The number of nitrogens with one attached hydrogen (secondary N) is 2. The van der Waals surface area contributed by atoms with Crippen LogP contribution in [-0.2, 0) is 9.59 Å². The molecular formula is C10H16ClF2N3O2. The zero-order valence-corrected chi connectivity index (χ0v) is 10.7. The Labute approximate surface area is 110 Å². The van der Waals surface area contributed by atoms with Gasteiger partial charge < -0.3 is 10.2 Å². The summed E-state index contributed by atoms with van der Waals surface area (Å²) in [4.78, 5) is 24.7. The molecule has 0 aromatic carbocycles. The zero-order valence-electron chi connectivity index (χ0n) is 9.91. The van der Waals surface area contributed by atoms with E-state index in [0.717, 1.165) is 0 Å². The van der Waals surface area contributed by atoms with E-state index in [-0.39, 0.29) is 18.3 Å². The van der Waals surface area contributed by atoms with Crippen LogP contribution < -0.4 is 10.6 Å². The molecule has 2 unspecified atom stereocenters. The first-order chi connectivity index (χ1) is 7.89. The molecule has 2 atom stereocenters. The lowest BCUT2D eigenvalue weighted by molar-refractivity contribution is -0.132. The number of likely N-dealkylation sites (tertiary alicyclic amines) is 1. The smallest absolute Gasteiger partial charge is 0.262 e. The second kappa shape index (κ2) is 5.36. The van der Waals surface area contributed by atoms with Gasteiger partial charge in [0.15, 0.2) is 0 Å². The Kier molecular flexibility index (Phi) is 4.50. The molecule has 0 aromatic rings. The normalized spacial score (nSPS) is 30.2. The van der Waals surface area contributed by atoms with Gasteiger partial charge in [-0.05, 0) is 6.42 Å². The van der Waals surface area contributed by atoms with Gasteiger partial charge in [0.25, 0.3) is 5.92 Å². The minimum absolute atomic E-state index is 0. The lowest BCUT2D eigenvalue weighted by Crippen LogP contribution is -2.47. The number of halogens is 3. The highest BCUT2D eigenvalue weighted by molar-refractivity contribution is 5.91. The zero-order chi connectivity index (χ0) is 12.6. The van der Waals surface area contributed by atoms with Crippen molar-refractivity contribution in [3.63, 3.8) is 0 Å². The van der Waals surface area contributed by atoms with Crippen LogP contribution in [0, 0.1) is 0 Å². The van der Waals surface area contributed by atoms with Crippen molar-refractivity contribution in [2.75, 3.05) is 20.1 Å². The van der Waals surface area contributed by atoms with Gasteiger partial charge in [0.2, 0.25) is 11.8 Å². The molecule has 8 heteroatoms. The third-order valence-electron chi connectivity index (χ3n) is 3.17. The first kappa shape index (κ1) is 15.1. The molecule has 18 heavy (non-hydrogen) atoms. The Bertz CT molecular complexity index is 354. The fraction of sp³-hybridized carbons (Fsp3) is 0.800. The summed E-state index contributed by atoms with van der Waals surface area (Å²) in [5.74, 6) is -3.52. The fourth-order valence-electron chi connectivity index (χ4n) is 2.13. The van der Waals surface area contributed by atoms with Crippen LogP contribution in [0.15, 0.2) is 0 Å². The van der Waals surface area contributed by atoms with Crippen molar-refractivity contribution in [3.8, 4) is 0 Å². The van der Waals surface area contributed by atoms with E-state index in [0.29, 0.717) is 13.0 Å². The number of hydrogen-bond donors (Lipinski definition) is 2. The highest BCUT2D eigenvalue weighted by Gasteiger charge is 2.43. The summed E-state index contributed by atoms with van der Waals surface area (Å²) < 4.78 is 25.8. The van der Waals surface area contributed by atoms with Crippen LogP contribution in [-0.4, -0.2) is 54.9 Å². The summed E-state index contributed by atoms with van der Waals surface area (Å²) in [7, 11) is 1.65. The number of carbonyl (C=O) groups is 2. The quantitative estimate of drug-likeness (QED) is 0.735. The Morgan fingerprint density at radius 2 is 2.22 bits per heavy atom. The average Bonchev–Trinajstić information content (AvgIpc) is 2.75. The highest BCUT2D eigenvalue weighted by atomic mass is 35.5. The molecule has 2 rings (SSSR count). The standard InChI is InChI=1S/C10H15F2N3O2.ClH/c1-15-3-2-6(9(15)17)14-8(16)7-4-10(11,12)5-13-7;/h6-7,13H,2-5H2,1H3,(H,14,16);1H. The Morgan fingerprint density at radius 3 is 2.67 bits per heavy atom. The van der Waals surface area contributed by atoms with Gasteiger partial charge in [-0.1, -0.05) is 0 Å². The maximum atomic E-state index is 12.9. The van der Waals surface area contributed by atoms with Crippen LogP contribution in [0.3, 0.4) is 0 Å². The lowest BCUT2D eigenvalue weighted by atomic mass is 10.1. The van der Waals surface area contributed by atoms with Gasteiger partial charge >= 0.3 is 0 Å². The third kappa shape index (κ3) is 3.08. The summed E-state index contributed by atoms with van der Waals surface area (Å²) in [6.45, 7) is 0.0988. The Balaban J connectivity index is 0.00000162. The predicted octanol–water partition coefficient (Wildman–Crippen LogP) is -0.248. The largest absolute Gasteiger partial charge is 0.344 e. The highest BCUT2D eigenvalue weighted by Crippen LogP contribution is 2.25. The van der Waals surface area contributed by atoms with E-state index in [9.17, 15) is 18.4 Å². The molecule has 0 saturated carbocycles. The van der Waals surface area contributed by atoms with Gasteiger partial charge in [0.1, 0.15) is 6.04 Å². The van der Waals surface area contributed by atoms with Crippen molar-refractivity contribution in [1.29, 1.82) is 0 Å². The number of nitrogens with zero attached hydrogens (tertiary/aromatic N) is 1. The van der Waals surface area contributed by atoms with Crippen molar-refractivity contribution < 1.29 is 18.4 Å². The molecule has 0 aromatic heterocycles. The van der Waals surface area contributed by atoms with Gasteiger partial charge in [0, 0.05) is 20.0 Å². The molecule has 2 saturated heterocycles. The van der Waals surface area contributed by atoms with E-state index in [1.807, 2.05) is 0 Å². The molecule has 2 fully saturated rings. The van der Waals surface area contributed by atoms with Gasteiger partial charge in [0.05, 0.1) is 12.6 Å². The van der Waals surface area contributed by atoms with Gasteiger partial charge in [-0.3, -0.25) is 14.9 Å². The third-order valence-corrected chi connectivity index (χ3v) is 3.17. The van der Waals surface area contributed by atoms with Crippen molar-refractivity contribution in [2.24, 2.45) is 0 Å². The average molecular weight is 284 g/mol. The second-order valence-electron chi connectivity index (χ2n) is 4.60. The second-order valence-corrected chi connectivity index (χ2v) is 4.60. The number of amides is 2. The molecule has 2 aliphatic heterocycles. The van der Waals surface area contributed by atoms with E-state index >= 15 is 0 Å². The Morgan fingerprint density at radius 1 is 1.56 bits per heavy atom. The topological polar surface area (TPSA) is 61.4 Å². The Hall–Kier alpha value is -0.950. The molecule has 2 amide bonds. The summed E-state index contributed by atoms with van der Waals surface area (Å²) >= 11 is 0. The van der Waals surface area contributed by atoms with Crippen LogP contribution in [0.5, 0.6) is 0 Å².